The molecule has 1 rings (SSSR count). The smallest absolute Gasteiger partial charge is 0.0377 e. The predicted octanol–water partition coefficient (Wildman–Crippen LogP) is 5.68. The molecule has 0 heterocycles. The lowest BCUT2D eigenvalue weighted by molar-refractivity contribution is 0.442. The van der Waals surface area contributed by atoms with E-state index in [-0.39, 0.29) is 0 Å². The van der Waals surface area contributed by atoms with E-state index in [1.165, 1.54) is 24.1 Å². The Hall–Kier alpha value is -0.980. The molecule has 1 nitrogen and oxygen atoms in total. The van der Waals surface area contributed by atoms with Gasteiger partial charge in [-0.25, -0.2) is 0 Å². The molecule has 1 aromatic rings. The molecule has 1 aromatic carbocycles. The van der Waals surface area contributed by atoms with Crippen molar-refractivity contribution in [2.24, 2.45) is 11.8 Å². The standard InChI is InChI=1S/C18H31N/c1-13(2)11-16(12-14(3)4)19-18-10-8-7-9-17(18)15(5)6/h7-10,13-16,19H,11-12H2,1-6H3. The molecule has 0 aliphatic rings. The third-order valence-corrected chi connectivity index (χ3v) is 3.45. The Kier molecular flexibility index (Phi) is 6.41. The molecule has 108 valence electrons. The first-order valence-corrected chi connectivity index (χ1v) is 7.75. The molecule has 0 aliphatic carbocycles. The van der Waals surface area contributed by atoms with E-state index in [1.54, 1.807) is 0 Å². The molecule has 0 amide bonds. The van der Waals surface area contributed by atoms with E-state index in [9.17, 15) is 0 Å². The first-order valence-electron chi connectivity index (χ1n) is 7.75. The Balaban J connectivity index is 2.83. The largest absolute Gasteiger partial charge is 0.382 e. The minimum atomic E-state index is 0.572. The van der Waals surface area contributed by atoms with Crippen LogP contribution < -0.4 is 5.32 Å². The van der Waals surface area contributed by atoms with Crippen molar-refractivity contribution in [3.05, 3.63) is 29.8 Å². The molecule has 0 atom stereocenters. The minimum absolute atomic E-state index is 0.572. The summed E-state index contributed by atoms with van der Waals surface area (Å²) in [6.07, 6.45) is 2.48. The lowest BCUT2D eigenvalue weighted by Gasteiger charge is -2.25. The van der Waals surface area contributed by atoms with Crippen molar-refractivity contribution in [1.29, 1.82) is 0 Å². The zero-order chi connectivity index (χ0) is 14.4. The Morgan fingerprint density at radius 3 is 1.84 bits per heavy atom. The predicted molar refractivity (Wildman–Crippen MR) is 86.9 cm³/mol. The van der Waals surface area contributed by atoms with Gasteiger partial charge >= 0.3 is 0 Å². The van der Waals surface area contributed by atoms with Gasteiger partial charge in [0.25, 0.3) is 0 Å². The van der Waals surface area contributed by atoms with Crippen LogP contribution in [0.3, 0.4) is 0 Å². The highest BCUT2D eigenvalue weighted by Crippen LogP contribution is 2.26. The van der Waals surface area contributed by atoms with E-state index in [0.29, 0.717) is 12.0 Å². The highest BCUT2D eigenvalue weighted by molar-refractivity contribution is 5.53. The lowest BCUT2D eigenvalue weighted by atomic mass is 9.94. The topological polar surface area (TPSA) is 12.0 Å². The van der Waals surface area contributed by atoms with Crippen LogP contribution in [0.25, 0.3) is 0 Å². The SMILES string of the molecule is CC(C)CC(CC(C)C)Nc1ccccc1C(C)C. The van der Waals surface area contributed by atoms with Gasteiger partial charge in [0.05, 0.1) is 0 Å². The Morgan fingerprint density at radius 2 is 1.37 bits per heavy atom. The Labute approximate surface area is 119 Å². The third-order valence-electron chi connectivity index (χ3n) is 3.45. The summed E-state index contributed by atoms with van der Waals surface area (Å²) in [7, 11) is 0. The van der Waals surface area contributed by atoms with Crippen LogP contribution in [-0.4, -0.2) is 6.04 Å². The number of hydrogen-bond acceptors (Lipinski definition) is 1. The second-order valence-corrected chi connectivity index (χ2v) is 6.84. The van der Waals surface area contributed by atoms with Crippen LogP contribution in [-0.2, 0) is 0 Å². The van der Waals surface area contributed by atoms with E-state index < -0.39 is 0 Å². The summed E-state index contributed by atoms with van der Waals surface area (Å²) in [5.74, 6) is 2.05. The molecule has 0 spiro atoms. The van der Waals surface area contributed by atoms with Gasteiger partial charge in [0.2, 0.25) is 0 Å². The average molecular weight is 261 g/mol. The van der Waals surface area contributed by atoms with Crippen LogP contribution >= 0.6 is 0 Å². The second-order valence-electron chi connectivity index (χ2n) is 6.84. The third kappa shape index (κ3) is 5.67. The summed E-state index contributed by atoms with van der Waals surface area (Å²) in [5, 5.41) is 3.79. The number of benzene rings is 1. The van der Waals surface area contributed by atoms with Crippen LogP contribution in [0.4, 0.5) is 5.69 Å². The maximum absolute atomic E-state index is 3.79. The van der Waals surface area contributed by atoms with Crippen LogP contribution in [0.15, 0.2) is 24.3 Å². The maximum atomic E-state index is 3.79. The van der Waals surface area contributed by atoms with Crippen molar-refractivity contribution in [1.82, 2.24) is 0 Å². The van der Waals surface area contributed by atoms with Crippen LogP contribution in [0.2, 0.25) is 0 Å². The molecule has 0 radical (unpaired) electrons. The van der Waals surface area contributed by atoms with Gasteiger partial charge in [-0.15, -0.1) is 0 Å². The lowest BCUT2D eigenvalue weighted by Crippen LogP contribution is -2.24. The molecule has 0 aromatic heterocycles. The fourth-order valence-electron chi connectivity index (χ4n) is 2.70. The van der Waals surface area contributed by atoms with Gasteiger partial charge in [0.15, 0.2) is 0 Å². The van der Waals surface area contributed by atoms with Crippen LogP contribution in [0.1, 0.15) is 65.9 Å². The molecule has 1 heteroatoms. The summed E-state index contributed by atoms with van der Waals surface area (Å²) in [6, 6.07) is 9.33. The van der Waals surface area contributed by atoms with Gasteiger partial charge in [0.1, 0.15) is 0 Å². The fraction of sp³-hybridized carbons (Fsp3) is 0.667. The van der Waals surface area contributed by atoms with E-state index in [2.05, 4.69) is 71.1 Å². The van der Waals surface area contributed by atoms with E-state index in [0.717, 1.165) is 11.8 Å². The highest BCUT2D eigenvalue weighted by atomic mass is 14.9. The van der Waals surface area contributed by atoms with Gasteiger partial charge in [-0.1, -0.05) is 59.7 Å². The summed E-state index contributed by atoms with van der Waals surface area (Å²) < 4.78 is 0. The van der Waals surface area contributed by atoms with Crippen molar-refractivity contribution >= 4 is 5.69 Å². The molecule has 0 unspecified atom stereocenters. The normalized spacial score (nSPS) is 11.9. The van der Waals surface area contributed by atoms with E-state index in [1.807, 2.05) is 0 Å². The van der Waals surface area contributed by atoms with E-state index >= 15 is 0 Å². The number of hydrogen-bond donors (Lipinski definition) is 1. The van der Waals surface area contributed by atoms with Crippen molar-refractivity contribution < 1.29 is 0 Å². The van der Waals surface area contributed by atoms with E-state index in [4.69, 9.17) is 0 Å². The summed E-state index contributed by atoms with van der Waals surface area (Å²) in [4.78, 5) is 0. The summed E-state index contributed by atoms with van der Waals surface area (Å²) >= 11 is 0. The zero-order valence-corrected chi connectivity index (χ0v) is 13.5. The number of para-hydroxylation sites is 1. The number of nitrogens with one attached hydrogen (secondary N) is 1. The first-order chi connectivity index (χ1) is 8.90. The summed E-state index contributed by atoms with van der Waals surface area (Å²) in [6.45, 7) is 13.8. The van der Waals surface area contributed by atoms with Crippen molar-refractivity contribution in [3.63, 3.8) is 0 Å². The van der Waals surface area contributed by atoms with Crippen LogP contribution in [0.5, 0.6) is 0 Å². The molecule has 0 saturated heterocycles. The van der Waals surface area contributed by atoms with Crippen LogP contribution in [0, 0.1) is 11.8 Å². The average Bonchev–Trinajstić information content (AvgIpc) is 2.27. The molecule has 0 saturated carbocycles. The molecule has 1 N–H and O–H groups in total. The zero-order valence-electron chi connectivity index (χ0n) is 13.5. The molecule has 19 heavy (non-hydrogen) atoms. The molecular weight excluding hydrogens is 230 g/mol. The van der Waals surface area contributed by atoms with Crippen molar-refractivity contribution in [2.75, 3.05) is 5.32 Å². The van der Waals surface area contributed by atoms with Crippen molar-refractivity contribution in [3.8, 4) is 0 Å². The fourth-order valence-corrected chi connectivity index (χ4v) is 2.70. The maximum Gasteiger partial charge on any atom is 0.0377 e. The quantitative estimate of drug-likeness (QED) is 0.665. The Bertz CT molecular complexity index is 356. The molecule has 0 fully saturated rings. The van der Waals surface area contributed by atoms with Gasteiger partial charge in [-0.3, -0.25) is 0 Å². The highest BCUT2D eigenvalue weighted by Gasteiger charge is 2.15. The summed E-state index contributed by atoms with van der Waals surface area (Å²) in [5.41, 5.74) is 2.75. The molecule has 0 aliphatic heterocycles. The van der Waals surface area contributed by atoms with Gasteiger partial charge in [0, 0.05) is 11.7 Å². The Morgan fingerprint density at radius 1 is 0.842 bits per heavy atom. The molecular formula is C18H31N. The monoisotopic (exact) mass is 261 g/mol. The van der Waals surface area contributed by atoms with Gasteiger partial charge < -0.3 is 5.32 Å². The number of anilines is 1. The molecule has 0 bridgehead atoms. The first kappa shape index (κ1) is 16.1. The van der Waals surface area contributed by atoms with Gasteiger partial charge in [-0.2, -0.15) is 0 Å². The minimum Gasteiger partial charge on any atom is -0.382 e. The number of rotatable bonds is 7. The second kappa shape index (κ2) is 7.57. The van der Waals surface area contributed by atoms with Crippen molar-refractivity contribution in [2.45, 2.75) is 66.3 Å². The van der Waals surface area contributed by atoms with Gasteiger partial charge in [-0.05, 0) is 42.2 Å².